The van der Waals surface area contributed by atoms with E-state index in [0.717, 1.165) is 18.2 Å². The average Bonchev–Trinajstić information content (AvgIpc) is 2.68. The van der Waals surface area contributed by atoms with E-state index >= 15 is 0 Å². The highest BCUT2D eigenvalue weighted by atomic mass is 35.5. The summed E-state index contributed by atoms with van der Waals surface area (Å²) in [5, 5.41) is 1.75. The van der Waals surface area contributed by atoms with Crippen LogP contribution in [-0.4, -0.2) is 9.55 Å². The van der Waals surface area contributed by atoms with Gasteiger partial charge in [-0.15, -0.1) is 0 Å². The van der Waals surface area contributed by atoms with Gasteiger partial charge in [0, 0.05) is 6.07 Å². The summed E-state index contributed by atoms with van der Waals surface area (Å²) in [5.74, 6) is -1.07. The zero-order chi connectivity index (χ0) is 25.6. The predicted molar refractivity (Wildman–Crippen MR) is 105 cm³/mol. The van der Waals surface area contributed by atoms with E-state index in [1.54, 1.807) is 0 Å². The fourth-order valence-electron chi connectivity index (χ4n) is 2.77. The zero-order valence-electron chi connectivity index (χ0n) is 16.0. The van der Waals surface area contributed by atoms with Crippen molar-refractivity contribution in [3.05, 3.63) is 79.7 Å². The van der Waals surface area contributed by atoms with Gasteiger partial charge < -0.3 is 5.32 Å². The van der Waals surface area contributed by atoms with Crippen molar-refractivity contribution in [3.8, 4) is 5.69 Å². The lowest BCUT2D eigenvalue weighted by Gasteiger charge is -2.20. The minimum Gasteiger partial charge on any atom is -0.325 e. The van der Waals surface area contributed by atoms with Crippen molar-refractivity contribution >= 4 is 34.8 Å². The highest BCUT2D eigenvalue weighted by Gasteiger charge is 2.39. The maximum atomic E-state index is 13.5. The Kier molecular flexibility index (Phi) is 6.57. The Hall–Kier alpha value is -2.93. The van der Waals surface area contributed by atoms with Gasteiger partial charge in [0.05, 0.1) is 32.5 Å². The number of alkyl halides is 9. The van der Waals surface area contributed by atoms with E-state index in [2.05, 4.69) is 4.98 Å². The molecule has 0 fully saturated rings. The van der Waals surface area contributed by atoms with E-state index in [4.69, 9.17) is 23.2 Å². The Morgan fingerprint density at radius 1 is 0.765 bits per heavy atom. The van der Waals surface area contributed by atoms with Crippen LogP contribution in [0.4, 0.5) is 51.1 Å². The Balaban J connectivity index is 2.27. The average molecular weight is 536 g/mol. The van der Waals surface area contributed by atoms with Crippen molar-refractivity contribution in [3.63, 3.8) is 0 Å². The van der Waals surface area contributed by atoms with E-state index in [1.807, 2.05) is 5.32 Å². The zero-order valence-corrected chi connectivity index (χ0v) is 17.5. The number of benzene rings is 2. The molecule has 4 nitrogen and oxygen atoms in total. The van der Waals surface area contributed by atoms with Crippen molar-refractivity contribution in [2.24, 2.45) is 0 Å². The SMILES string of the molecule is O=c1cc(C(F)(F)F)nc(Nc2ccc(C(F)(F)F)cc2C(F)(F)F)n1-c1ccc(Cl)c(Cl)c1. The van der Waals surface area contributed by atoms with Crippen molar-refractivity contribution in [1.82, 2.24) is 9.55 Å². The molecule has 0 unspecified atom stereocenters. The number of anilines is 2. The summed E-state index contributed by atoms with van der Waals surface area (Å²) in [4.78, 5) is 15.7. The maximum Gasteiger partial charge on any atom is 0.433 e. The Labute approximate surface area is 193 Å². The maximum absolute atomic E-state index is 13.5. The molecule has 0 saturated carbocycles. The largest absolute Gasteiger partial charge is 0.433 e. The van der Waals surface area contributed by atoms with Gasteiger partial charge in [0.25, 0.3) is 5.56 Å². The minimum atomic E-state index is -5.35. The monoisotopic (exact) mass is 535 g/mol. The molecule has 0 amide bonds. The molecule has 0 aliphatic heterocycles. The summed E-state index contributed by atoms with van der Waals surface area (Å²) in [6.45, 7) is 0. The topological polar surface area (TPSA) is 46.9 Å². The summed E-state index contributed by atoms with van der Waals surface area (Å²) in [6.07, 6.45) is -15.6. The molecule has 0 spiro atoms. The molecule has 0 saturated heterocycles. The van der Waals surface area contributed by atoms with Crippen LogP contribution in [-0.2, 0) is 18.5 Å². The third kappa shape index (κ3) is 5.41. The molecule has 0 radical (unpaired) electrons. The fourth-order valence-corrected chi connectivity index (χ4v) is 3.06. The Bertz CT molecular complexity index is 1300. The molecule has 0 aliphatic rings. The van der Waals surface area contributed by atoms with Crippen LogP contribution in [0.25, 0.3) is 5.69 Å². The van der Waals surface area contributed by atoms with Gasteiger partial charge in [-0.2, -0.15) is 39.5 Å². The summed E-state index contributed by atoms with van der Waals surface area (Å²) in [6, 6.07) is 3.81. The van der Waals surface area contributed by atoms with Crippen LogP contribution in [0.5, 0.6) is 0 Å². The molecule has 15 heteroatoms. The summed E-state index contributed by atoms with van der Waals surface area (Å²) >= 11 is 11.6. The first-order valence-electron chi connectivity index (χ1n) is 8.70. The van der Waals surface area contributed by atoms with Gasteiger partial charge >= 0.3 is 18.5 Å². The standard InChI is InChI=1S/C19H8Cl2F9N3O/c20-11-3-2-9(6-12(11)21)33-15(34)7-14(19(28,29)30)32-16(33)31-13-4-1-8(17(22,23)24)5-10(13)18(25,26)27/h1-7H,(H,31,32). The van der Waals surface area contributed by atoms with Gasteiger partial charge in [-0.3, -0.25) is 4.79 Å². The smallest absolute Gasteiger partial charge is 0.325 e. The van der Waals surface area contributed by atoms with Gasteiger partial charge in [0.1, 0.15) is 0 Å². The van der Waals surface area contributed by atoms with E-state index in [1.165, 1.54) is 0 Å². The van der Waals surface area contributed by atoms with Crippen LogP contribution in [0.15, 0.2) is 47.3 Å². The number of nitrogens with one attached hydrogen (secondary N) is 1. The number of halogens is 11. The lowest BCUT2D eigenvalue weighted by Crippen LogP contribution is -2.26. The number of hydrogen-bond acceptors (Lipinski definition) is 3. The molecule has 34 heavy (non-hydrogen) atoms. The van der Waals surface area contributed by atoms with Crippen LogP contribution >= 0.6 is 23.2 Å². The van der Waals surface area contributed by atoms with Crippen LogP contribution in [0.2, 0.25) is 10.0 Å². The third-order valence-corrected chi connectivity index (χ3v) is 5.01. The first-order valence-corrected chi connectivity index (χ1v) is 9.46. The summed E-state index contributed by atoms with van der Waals surface area (Å²) in [7, 11) is 0. The fraction of sp³-hybridized carbons (Fsp3) is 0.158. The van der Waals surface area contributed by atoms with E-state index in [-0.39, 0.29) is 33.9 Å². The number of hydrogen-bond donors (Lipinski definition) is 1. The van der Waals surface area contributed by atoms with Gasteiger partial charge in [-0.1, -0.05) is 23.2 Å². The number of rotatable bonds is 3. The van der Waals surface area contributed by atoms with Gasteiger partial charge in [0.2, 0.25) is 5.95 Å². The normalized spacial score (nSPS) is 12.7. The highest BCUT2D eigenvalue weighted by Crippen LogP contribution is 2.40. The molecule has 1 N–H and O–H groups in total. The molecule has 1 aromatic heterocycles. The predicted octanol–water partition coefficient (Wildman–Crippen LogP) is 7.34. The molecule has 0 atom stereocenters. The van der Waals surface area contributed by atoms with Crippen LogP contribution in [0.3, 0.4) is 0 Å². The second kappa shape index (κ2) is 8.69. The molecular weight excluding hydrogens is 528 g/mol. The van der Waals surface area contributed by atoms with Gasteiger partial charge in [-0.25, -0.2) is 9.55 Å². The Morgan fingerprint density at radius 2 is 1.41 bits per heavy atom. The van der Waals surface area contributed by atoms with Crippen molar-refractivity contribution in [2.45, 2.75) is 18.5 Å². The molecular formula is C19H8Cl2F9N3O. The third-order valence-electron chi connectivity index (χ3n) is 4.27. The van der Waals surface area contributed by atoms with Crippen LogP contribution < -0.4 is 10.9 Å². The molecule has 0 aliphatic carbocycles. The van der Waals surface area contributed by atoms with Crippen molar-refractivity contribution in [2.75, 3.05) is 5.32 Å². The first-order chi connectivity index (χ1) is 15.5. The number of nitrogens with zero attached hydrogens (tertiary/aromatic N) is 2. The van der Waals surface area contributed by atoms with Crippen LogP contribution in [0.1, 0.15) is 16.8 Å². The lowest BCUT2D eigenvalue weighted by atomic mass is 10.1. The Morgan fingerprint density at radius 3 is 1.94 bits per heavy atom. The van der Waals surface area contributed by atoms with Crippen LogP contribution in [0, 0.1) is 0 Å². The highest BCUT2D eigenvalue weighted by molar-refractivity contribution is 6.42. The molecule has 0 bridgehead atoms. The molecule has 1 heterocycles. The molecule has 2 aromatic carbocycles. The minimum absolute atomic E-state index is 0.00468. The molecule has 182 valence electrons. The molecule has 3 rings (SSSR count). The second-order valence-electron chi connectivity index (χ2n) is 6.62. The van der Waals surface area contributed by atoms with Crippen molar-refractivity contribution in [1.29, 1.82) is 0 Å². The number of aromatic nitrogens is 2. The lowest BCUT2D eigenvalue weighted by molar-refractivity contribution is -0.143. The van der Waals surface area contributed by atoms with Gasteiger partial charge in [0.15, 0.2) is 5.69 Å². The summed E-state index contributed by atoms with van der Waals surface area (Å²) < 4.78 is 119. The summed E-state index contributed by atoms with van der Waals surface area (Å²) in [5.41, 5.74) is -7.94. The first kappa shape index (κ1) is 25.7. The van der Waals surface area contributed by atoms with E-state index in [9.17, 15) is 44.3 Å². The van der Waals surface area contributed by atoms with E-state index < -0.39 is 52.5 Å². The van der Waals surface area contributed by atoms with Gasteiger partial charge in [-0.05, 0) is 36.4 Å². The van der Waals surface area contributed by atoms with Crippen molar-refractivity contribution < 1.29 is 39.5 Å². The second-order valence-corrected chi connectivity index (χ2v) is 7.43. The molecule has 3 aromatic rings. The van der Waals surface area contributed by atoms with E-state index in [0.29, 0.717) is 10.6 Å². The quantitative estimate of drug-likeness (QED) is 0.357.